The van der Waals surface area contributed by atoms with Crippen LogP contribution >= 0.6 is 0 Å². The summed E-state index contributed by atoms with van der Waals surface area (Å²) in [5.41, 5.74) is 0.517. The van der Waals surface area contributed by atoms with Crippen LogP contribution in [0.4, 0.5) is 5.69 Å². The van der Waals surface area contributed by atoms with Gasteiger partial charge in [0.15, 0.2) is 6.61 Å². The fourth-order valence-electron chi connectivity index (χ4n) is 2.48. The molecule has 0 bridgehead atoms. The van der Waals surface area contributed by atoms with Crippen LogP contribution in [0.1, 0.15) is 5.89 Å². The Bertz CT molecular complexity index is 1050. The summed E-state index contributed by atoms with van der Waals surface area (Å²) in [5.74, 6) is 1.10. The van der Waals surface area contributed by atoms with Crippen LogP contribution in [0, 0.1) is 10.1 Å². The van der Waals surface area contributed by atoms with E-state index in [0.29, 0.717) is 17.1 Å². The largest absolute Gasteiger partial charge is 0.497 e. The quantitative estimate of drug-likeness (QED) is 0.413. The number of amides is 1. The van der Waals surface area contributed by atoms with Gasteiger partial charge in [0.2, 0.25) is 17.5 Å². The summed E-state index contributed by atoms with van der Waals surface area (Å²) in [4.78, 5) is 26.6. The summed E-state index contributed by atoms with van der Waals surface area (Å²) in [6.07, 6.45) is 0. The van der Waals surface area contributed by atoms with Crippen molar-refractivity contribution in [1.29, 1.82) is 0 Å². The monoisotopic (exact) mass is 414 g/mol. The standard InChI is InChI=1S/C19H18N4O7/c1-27-13-5-3-4-12(8-13)19-21-18(30-22-19)10-20-17(24)11-29-14-6-7-15(23(25)26)16(9-14)28-2/h3-9H,10-11H2,1-2H3,(H,20,24). The van der Waals surface area contributed by atoms with Crippen molar-refractivity contribution in [3.8, 4) is 28.6 Å². The van der Waals surface area contributed by atoms with Gasteiger partial charge in [0, 0.05) is 17.7 Å². The van der Waals surface area contributed by atoms with Gasteiger partial charge in [-0.1, -0.05) is 17.3 Å². The maximum absolute atomic E-state index is 12.0. The number of rotatable bonds is 9. The number of aromatic nitrogens is 2. The predicted molar refractivity (Wildman–Crippen MR) is 103 cm³/mol. The zero-order valence-corrected chi connectivity index (χ0v) is 16.2. The number of nitrogens with one attached hydrogen (secondary N) is 1. The molecule has 0 atom stereocenters. The fourth-order valence-corrected chi connectivity index (χ4v) is 2.48. The van der Waals surface area contributed by atoms with Crippen LogP contribution in [0.2, 0.25) is 0 Å². The van der Waals surface area contributed by atoms with Gasteiger partial charge in [-0.05, 0) is 18.2 Å². The number of nitrogens with zero attached hydrogens (tertiary/aromatic N) is 3. The first-order valence-electron chi connectivity index (χ1n) is 8.69. The maximum Gasteiger partial charge on any atom is 0.311 e. The molecule has 1 amide bonds. The molecule has 0 fully saturated rings. The van der Waals surface area contributed by atoms with Crippen LogP contribution in [-0.2, 0) is 11.3 Å². The van der Waals surface area contributed by atoms with Crippen molar-refractivity contribution in [1.82, 2.24) is 15.5 Å². The fraction of sp³-hybridized carbons (Fsp3) is 0.211. The van der Waals surface area contributed by atoms with Crippen LogP contribution in [0.5, 0.6) is 17.2 Å². The first-order valence-corrected chi connectivity index (χ1v) is 8.69. The number of nitro benzene ring substituents is 1. The number of hydrogen-bond donors (Lipinski definition) is 1. The Morgan fingerprint density at radius 3 is 2.73 bits per heavy atom. The SMILES string of the molecule is COc1cccc(-c2noc(CNC(=O)COc3ccc([N+](=O)[O-])c(OC)c3)n2)c1. The first kappa shape index (κ1) is 20.6. The minimum absolute atomic E-state index is 0.0166. The maximum atomic E-state index is 12.0. The summed E-state index contributed by atoms with van der Waals surface area (Å²) in [6, 6.07) is 11.1. The van der Waals surface area contributed by atoms with Gasteiger partial charge in [0.05, 0.1) is 25.7 Å². The van der Waals surface area contributed by atoms with Crippen molar-refractivity contribution >= 4 is 11.6 Å². The third-order valence-corrected chi connectivity index (χ3v) is 3.95. The molecular weight excluding hydrogens is 396 g/mol. The van der Waals surface area contributed by atoms with E-state index in [1.807, 2.05) is 6.07 Å². The van der Waals surface area contributed by atoms with E-state index >= 15 is 0 Å². The molecule has 2 aromatic carbocycles. The number of nitro groups is 1. The van der Waals surface area contributed by atoms with Gasteiger partial charge >= 0.3 is 5.69 Å². The number of benzene rings is 2. The number of hydrogen-bond acceptors (Lipinski definition) is 9. The summed E-state index contributed by atoms with van der Waals surface area (Å²) in [7, 11) is 2.87. The average Bonchev–Trinajstić information content (AvgIpc) is 3.25. The van der Waals surface area contributed by atoms with Gasteiger partial charge in [-0.3, -0.25) is 14.9 Å². The minimum atomic E-state index is -0.570. The smallest absolute Gasteiger partial charge is 0.311 e. The second-order valence-corrected chi connectivity index (χ2v) is 5.90. The molecule has 0 saturated carbocycles. The van der Waals surface area contributed by atoms with Gasteiger partial charge in [0.1, 0.15) is 11.5 Å². The van der Waals surface area contributed by atoms with Crippen LogP contribution < -0.4 is 19.5 Å². The first-order chi connectivity index (χ1) is 14.5. The molecule has 0 aliphatic heterocycles. The Morgan fingerprint density at radius 2 is 2.00 bits per heavy atom. The zero-order valence-electron chi connectivity index (χ0n) is 16.2. The van der Waals surface area contributed by atoms with E-state index in [1.54, 1.807) is 25.3 Å². The molecule has 0 unspecified atom stereocenters. The zero-order chi connectivity index (χ0) is 21.5. The number of carbonyl (C=O) groups is 1. The van der Waals surface area contributed by atoms with E-state index in [-0.39, 0.29) is 36.2 Å². The van der Waals surface area contributed by atoms with E-state index < -0.39 is 10.8 Å². The molecule has 3 rings (SSSR count). The molecule has 3 aromatic rings. The predicted octanol–water partition coefficient (Wildman–Crippen LogP) is 2.36. The highest BCUT2D eigenvalue weighted by Crippen LogP contribution is 2.30. The third-order valence-electron chi connectivity index (χ3n) is 3.95. The molecular formula is C19H18N4O7. The summed E-state index contributed by atoms with van der Waals surface area (Å²) in [6.45, 7) is -0.291. The minimum Gasteiger partial charge on any atom is -0.497 e. The molecule has 0 saturated heterocycles. The second kappa shape index (κ2) is 9.37. The molecule has 11 nitrogen and oxygen atoms in total. The third kappa shape index (κ3) is 5.01. The lowest BCUT2D eigenvalue weighted by Crippen LogP contribution is -2.28. The van der Waals surface area contributed by atoms with Crippen LogP contribution in [-0.4, -0.2) is 41.8 Å². The number of carbonyl (C=O) groups excluding carboxylic acids is 1. The average molecular weight is 414 g/mol. The molecule has 0 radical (unpaired) electrons. The van der Waals surface area contributed by atoms with Gasteiger partial charge < -0.3 is 24.1 Å². The summed E-state index contributed by atoms with van der Waals surface area (Å²) >= 11 is 0. The van der Waals surface area contributed by atoms with Crippen LogP contribution in [0.15, 0.2) is 47.0 Å². The van der Waals surface area contributed by atoms with Crippen molar-refractivity contribution in [3.63, 3.8) is 0 Å². The topological polar surface area (TPSA) is 139 Å². The second-order valence-electron chi connectivity index (χ2n) is 5.90. The van der Waals surface area contributed by atoms with Gasteiger partial charge in [-0.2, -0.15) is 4.98 Å². The van der Waals surface area contributed by atoms with E-state index in [2.05, 4.69) is 15.5 Å². The van der Waals surface area contributed by atoms with Crippen LogP contribution in [0.25, 0.3) is 11.4 Å². The van der Waals surface area contributed by atoms with Gasteiger partial charge in [-0.15, -0.1) is 0 Å². The van der Waals surface area contributed by atoms with E-state index in [0.717, 1.165) is 0 Å². The Labute approximate surface area is 170 Å². The molecule has 1 aromatic heterocycles. The number of ether oxygens (including phenoxy) is 3. The Morgan fingerprint density at radius 1 is 1.17 bits per heavy atom. The summed E-state index contributed by atoms with van der Waals surface area (Å²) < 4.78 is 20.6. The highest BCUT2D eigenvalue weighted by molar-refractivity contribution is 5.77. The molecule has 1 heterocycles. The van der Waals surface area contributed by atoms with Crippen LogP contribution in [0.3, 0.4) is 0 Å². The van der Waals surface area contributed by atoms with E-state index in [9.17, 15) is 14.9 Å². The lowest BCUT2D eigenvalue weighted by atomic mass is 10.2. The summed E-state index contributed by atoms with van der Waals surface area (Å²) in [5, 5.41) is 17.4. The Hall–Kier alpha value is -4.15. The Kier molecular flexibility index (Phi) is 6.42. The molecule has 0 spiro atoms. The van der Waals surface area contributed by atoms with E-state index in [4.69, 9.17) is 18.7 Å². The van der Waals surface area contributed by atoms with E-state index in [1.165, 1.54) is 25.3 Å². The molecule has 0 aliphatic carbocycles. The van der Waals surface area contributed by atoms with Gasteiger partial charge in [0.25, 0.3) is 5.91 Å². The highest BCUT2D eigenvalue weighted by Gasteiger charge is 2.16. The lowest BCUT2D eigenvalue weighted by molar-refractivity contribution is -0.385. The molecule has 0 aliphatic rings. The van der Waals surface area contributed by atoms with Crippen molar-refractivity contribution in [2.24, 2.45) is 0 Å². The number of methoxy groups -OCH3 is 2. The lowest BCUT2D eigenvalue weighted by Gasteiger charge is -2.08. The molecule has 30 heavy (non-hydrogen) atoms. The molecule has 156 valence electrons. The van der Waals surface area contributed by atoms with Crippen molar-refractivity contribution < 1.29 is 28.5 Å². The molecule has 1 N–H and O–H groups in total. The highest BCUT2D eigenvalue weighted by atomic mass is 16.6. The Balaban J connectivity index is 1.53. The van der Waals surface area contributed by atoms with Crippen molar-refractivity contribution in [2.75, 3.05) is 20.8 Å². The van der Waals surface area contributed by atoms with Crippen molar-refractivity contribution in [2.45, 2.75) is 6.54 Å². The normalized spacial score (nSPS) is 10.3. The van der Waals surface area contributed by atoms with Crippen molar-refractivity contribution in [3.05, 3.63) is 58.5 Å². The molecule has 11 heteroatoms. The van der Waals surface area contributed by atoms with Gasteiger partial charge in [-0.25, -0.2) is 0 Å².